The Kier molecular flexibility index (Phi) is 10.4. The SMILES string of the molecule is Fc1c(F)c(F)c([B-](c2c(F)c(F)c(F)c(F)c2F)(c2c(F)c(F)c(F)c(F)c2F)c2c(F)c(F)c(F)c(F)c2F)c(F)c1F.c1ccncc1. The first kappa shape index (κ1) is 38.5. The van der Waals surface area contributed by atoms with Gasteiger partial charge in [-0.3, -0.25) is 4.98 Å². The molecule has 0 spiro atoms. The number of nitrogens with zero attached hydrogens (tertiary/aromatic N) is 1. The summed E-state index contributed by atoms with van der Waals surface area (Å²) in [4.78, 5) is 3.78. The maximum absolute atomic E-state index is 15.4. The number of pyridine rings is 1. The summed E-state index contributed by atoms with van der Waals surface area (Å²) in [5, 5.41) is 0. The molecule has 0 saturated carbocycles. The molecule has 22 heteroatoms. The molecule has 0 unspecified atom stereocenters. The second-order valence-electron chi connectivity index (χ2n) is 9.82. The van der Waals surface area contributed by atoms with Crippen molar-refractivity contribution in [3.05, 3.63) is 147 Å². The Bertz CT molecular complexity index is 1800. The van der Waals surface area contributed by atoms with Gasteiger partial charge in [-0.2, -0.15) is 0 Å². The molecule has 1 nitrogen and oxygen atoms in total. The van der Waals surface area contributed by atoms with E-state index >= 15 is 35.1 Å². The lowest BCUT2D eigenvalue weighted by Gasteiger charge is -2.44. The van der Waals surface area contributed by atoms with Gasteiger partial charge in [-0.15, -0.1) is 21.9 Å². The van der Waals surface area contributed by atoms with Gasteiger partial charge < -0.3 is 0 Å². The number of benzene rings is 4. The molecule has 0 aliphatic heterocycles. The topological polar surface area (TPSA) is 12.9 Å². The summed E-state index contributed by atoms with van der Waals surface area (Å²) in [6.45, 7) is 0. The summed E-state index contributed by atoms with van der Waals surface area (Å²) in [7, 11) is 0. The van der Waals surface area contributed by atoms with Crippen LogP contribution in [0.2, 0.25) is 0 Å². The molecule has 0 aliphatic carbocycles. The van der Waals surface area contributed by atoms with Gasteiger partial charge in [0.05, 0.1) is 0 Å². The fraction of sp³-hybridized carbons (Fsp3) is 0. The molecule has 0 atom stereocenters. The molecule has 0 aliphatic rings. The van der Waals surface area contributed by atoms with Gasteiger partial charge in [0.15, 0.2) is 69.8 Å². The van der Waals surface area contributed by atoms with Crippen molar-refractivity contribution in [2.45, 2.75) is 0 Å². The number of hydrogen-bond donors (Lipinski definition) is 0. The van der Waals surface area contributed by atoms with Crippen molar-refractivity contribution in [2.75, 3.05) is 0 Å². The minimum Gasteiger partial charge on any atom is -0.265 e. The number of rotatable bonds is 4. The highest BCUT2D eigenvalue weighted by atomic mass is 19.2. The van der Waals surface area contributed by atoms with E-state index in [2.05, 4.69) is 4.98 Å². The molecule has 0 radical (unpaired) electrons. The monoisotopic (exact) mass is 758 g/mol. The standard InChI is InChI=1S/C24BF20.C5H5N/c26-5-1(6(27)14(35)21(42)13(5)34)25(2-7(28)15(36)22(43)16(37)8(2)29,3-9(30)17(38)23(44)18(39)10(3)31)4-11(32)19(40)24(45)20(41)12(4)33;1-2-4-6-5-3-1/h;1-5H/q-1;. The van der Waals surface area contributed by atoms with Crippen LogP contribution in [0.4, 0.5) is 87.8 Å². The summed E-state index contributed by atoms with van der Waals surface area (Å²) in [6.07, 6.45) is -3.72. The van der Waals surface area contributed by atoms with Crippen LogP contribution in [0.1, 0.15) is 0 Å². The number of aromatic nitrogens is 1. The van der Waals surface area contributed by atoms with Gasteiger partial charge in [0.2, 0.25) is 0 Å². The quantitative estimate of drug-likeness (QED) is 0.0840. The van der Waals surface area contributed by atoms with E-state index < -0.39 is 144 Å². The fourth-order valence-electron chi connectivity index (χ4n) is 5.19. The molecule has 0 fully saturated rings. The third-order valence-electron chi connectivity index (χ3n) is 7.27. The van der Waals surface area contributed by atoms with Crippen LogP contribution in [0.25, 0.3) is 0 Å². The Hall–Kier alpha value is -5.31. The molecule has 0 N–H and O–H groups in total. The Morgan fingerprint density at radius 2 is 0.392 bits per heavy atom. The summed E-state index contributed by atoms with van der Waals surface area (Å²) in [5.41, 5.74) is -14.3. The van der Waals surface area contributed by atoms with Crippen molar-refractivity contribution in [3.63, 3.8) is 0 Å². The molecule has 0 bridgehead atoms. The molecular formula is C29H5BF20N-. The van der Waals surface area contributed by atoms with Crippen LogP contribution >= 0.6 is 0 Å². The second kappa shape index (κ2) is 13.8. The van der Waals surface area contributed by atoms with Crippen LogP contribution < -0.4 is 21.9 Å². The smallest absolute Gasteiger partial charge is 0.200 e. The third kappa shape index (κ3) is 5.59. The van der Waals surface area contributed by atoms with Crippen molar-refractivity contribution in [2.24, 2.45) is 0 Å². The lowest BCUT2D eigenvalue weighted by molar-refractivity contribution is 0.378. The van der Waals surface area contributed by atoms with Crippen molar-refractivity contribution >= 4 is 28.0 Å². The molecule has 1 heterocycles. The highest BCUT2D eigenvalue weighted by Gasteiger charge is 2.52. The van der Waals surface area contributed by atoms with Gasteiger partial charge in [0, 0.05) is 12.4 Å². The minimum absolute atomic E-state index is 1.75. The molecule has 270 valence electrons. The maximum atomic E-state index is 15.4. The molecule has 5 aromatic rings. The molecule has 5 rings (SSSR count). The van der Waals surface area contributed by atoms with E-state index in [9.17, 15) is 52.7 Å². The average Bonchev–Trinajstić information content (AvgIpc) is 3.12. The van der Waals surface area contributed by atoms with Crippen molar-refractivity contribution in [1.29, 1.82) is 0 Å². The molecule has 51 heavy (non-hydrogen) atoms. The second-order valence-corrected chi connectivity index (χ2v) is 9.82. The first-order valence-electron chi connectivity index (χ1n) is 12.8. The van der Waals surface area contributed by atoms with Crippen molar-refractivity contribution < 1.29 is 87.8 Å². The van der Waals surface area contributed by atoms with Crippen LogP contribution in [-0.4, -0.2) is 11.1 Å². The summed E-state index contributed by atoms with van der Waals surface area (Å²) in [6, 6.07) is 5.72. The van der Waals surface area contributed by atoms with Gasteiger partial charge in [-0.1, -0.05) is 6.07 Å². The van der Waals surface area contributed by atoms with Gasteiger partial charge >= 0.3 is 0 Å². The van der Waals surface area contributed by atoms with Crippen LogP contribution in [0.3, 0.4) is 0 Å². The number of halogens is 20. The zero-order valence-corrected chi connectivity index (χ0v) is 23.5. The molecular weight excluding hydrogens is 753 g/mol. The first-order valence-corrected chi connectivity index (χ1v) is 12.8. The summed E-state index contributed by atoms with van der Waals surface area (Å²) < 4.78 is 294. The van der Waals surface area contributed by atoms with Crippen molar-refractivity contribution in [3.8, 4) is 0 Å². The predicted octanol–water partition coefficient (Wildman–Crippen LogP) is 6.93. The highest BCUT2D eigenvalue weighted by Crippen LogP contribution is 2.30. The van der Waals surface area contributed by atoms with Crippen LogP contribution in [0, 0.1) is 116 Å². The zero-order chi connectivity index (χ0) is 38.6. The van der Waals surface area contributed by atoms with E-state index in [1.54, 1.807) is 12.4 Å². The van der Waals surface area contributed by atoms with Gasteiger partial charge in [-0.25, -0.2) is 87.8 Å². The molecule has 0 saturated heterocycles. The van der Waals surface area contributed by atoms with Gasteiger partial charge in [-0.05, 0) is 12.1 Å². The van der Waals surface area contributed by atoms with Crippen LogP contribution in [0.15, 0.2) is 30.6 Å². The van der Waals surface area contributed by atoms with Gasteiger partial charge in [0.25, 0.3) is 0 Å². The van der Waals surface area contributed by atoms with Crippen LogP contribution in [-0.2, 0) is 0 Å². The summed E-state index contributed by atoms with van der Waals surface area (Å²) >= 11 is 0. The van der Waals surface area contributed by atoms with E-state index in [4.69, 9.17) is 0 Å². The molecule has 4 aromatic carbocycles. The summed E-state index contributed by atoms with van der Waals surface area (Å²) in [5.74, 6) is -71.4. The fourth-order valence-corrected chi connectivity index (χ4v) is 5.19. The highest BCUT2D eigenvalue weighted by molar-refractivity contribution is 7.20. The Labute approximate surface area is 268 Å². The normalized spacial score (nSPS) is 11.5. The van der Waals surface area contributed by atoms with E-state index in [0.29, 0.717) is 0 Å². The largest absolute Gasteiger partial charge is 0.265 e. The zero-order valence-electron chi connectivity index (χ0n) is 23.5. The first-order chi connectivity index (χ1) is 23.7. The van der Waals surface area contributed by atoms with E-state index in [1.165, 1.54) is 0 Å². The van der Waals surface area contributed by atoms with E-state index in [0.717, 1.165) is 0 Å². The van der Waals surface area contributed by atoms with E-state index in [1.807, 2.05) is 18.2 Å². The molecule has 1 aromatic heterocycles. The van der Waals surface area contributed by atoms with Crippen molar-refractivity contribution in [1.82, 2.24) is 4.98 Å². The maximum Gasteiger partial charge on any atom is 0.200 e. The van der Waals surface area contributed by atoms with Crippen LogP contribution in [0.5, 0.6) is 0 Å². The Balaban J connectivity index is 0.000000878. The predicted molar refractivity (Wildman–Crippen MR) is 133 cm³/mol. The van der Waals surface area contributed by atoms with Gasteiger partial charge in [0.1, 0.15) is 52.7 Å². The average molecular weight is 758 g/mol. The van der Waals surface area contributed by atoms with E-state index in [-0.39, 0.29) is 0 Å². The minimum atomic E-state index is -7.22. The Morgan fingerprint density at radius 3 is 0.510 bits per heavy atom. The lowest BCUT2D eigenvalue weighted by atomic mass is 9.12. The number of hydrogen-bond acceptors (Lipinski definition) is 1. The Morgan fingerprint density at radius 1 is 0.235 bits per heavy atom. The third-order valence-corrected chi connectivity index (χ3v) is 7.27. The lowest BCUT2D eigenvalue weighted by Crippen LogP contribution is -2.81. The molecule has 0 amide bonds.